The number of terminal acetylenes is 1. The molecule has 0 bridgehead atoms. The van der Waals surface area contributed by atoms with E-state index in [1.165, 1.54) is 0 Å². The van der Waals surface area contributed by atoms with E-state index in [0.717, 1.165) is 12.0 Å². The molecule has 0 aromatic heterocycles. The third-order valence-electron chi connectivity index (χ3n) is 2.41. The van der Waals surface area contributed by atoms with Gasteiger partial charge < -0.3 is 10.1 Å². The number of hydrogen-bond acceptors (Lipinski definition) is 2. The van der Waals surface area contributed by atoms with Crippen LogP contribution in [-0.4, -0.2) is 12.1 Å². The van der Waals surface area contributed by atoms with Crippen LogP contribution in [0.25, 0.3) is 0 Å². The number of ether oxygens (including phenoxy) is 1. The maximum atomic E-state index is 11.5. The highest BCUT2D eigenvalue weighted by Gasteiger charge is 2.11. The summed E-state index contributed by atoms with van der Waals surface area (Å²) < 4.78 is 5.10. The fourth-order valence-corrected chi connectivity index (χ4v) is 1.55. The lowest BCUT2D eigenvalue weighted by molar-refractivity contribution is 0.137. The van der Waals surface area contributed by atoms with Crippen molar-refractivity contribution in [1.82, 2.24) is 5.32 Å². The summed E-state index contributed by atoms with van der Waals surface area (Å²) in [6.45, 7) is 4.37. The Balaban J connectivity index is 2.35. The van der Waals surface area contributed by atoms with Gasteiger partial charge in [0, 0.05) is 0 Å². The van der Waals surface area contributed by atoms with E-state index in [1.54, 1.807) is 0 Å². The first-order valence-corrected chi connectivity index (χ1v) is 6.05. The maximum Gasteiger partial charge on any atom is 0.408 e. The summed E-state index contributed by atoms with van der Waals surface area (Å²) in [7, 11) is 0. The molecule has 1 atom stereocenters. The van der Waals surface area contributed by atoms with Crippen molar-refractivity contribution in [2.75, 3.05) is 0 Å². The van der Waals surface area contributed by atoms with Crippen LogP contribution in [0.5, 0.6) is 0 Å². The summed E-state index contributed by atoms with van der Waals surface area (Å²) in [5, 5.41) is 2.67. The molecule has 0 heterocycles. The second-order valence-electron chi connectivity index (χ2n) is 4.55. The van der Waals surface area contributed by atoms with Crippen LogP contribution in [0.1, 0.15) is 25.8 Å². The molecule has 0 unspecified atom stereocenters. The van der Waals surface area contributed by atoms with Crippen LogP contribution in [0.2, 0.25) is 0 Å². The topological polar surface area (TPSA) is 38.3 Å². The van der Waals surface area contributed by atoms with E-state index < -0.39 is 6.09 Å². The molecule has 96 valence electrons. The number of alkyl carbamates (subject to hydrolysis) is 1. The lowest BCUT2D eigenvalue weighted by Gasteiger charge is -2.15. The molecule has 1 rings (SSSR count). The largest absolute Gasteiger partial charge is 0.445 e. The second-order valence-corrected chi connectivity index (χ2v) is 4.55. The molecule has 1 aromatic rings. The molecule has 1 N–H and O–H groups in total. The minimum atomic E-state index is -0.470. The Morgan fingerprint density at radius 3 is 2.61 bits per heavy atom. The molecule has 0 saturated heterocycles. The Kier molecular flexibility index (Phi) is 5.79. The first-order valence-electron chi connectivity index (χ1n) is 6.05. The molecular formula is C15H19NO2. The normalized spacial score (nSPS) is 11.7. The zero-order chi connectivity index (χ0) is 13.4. The maximum absolute atomic E-state index is 11.5. The van der Waals surface area contributed by atoms with Crippen LogP contribution >= 0.6 is 0 Å². The Morgan fingerprint density at radius 1 is 1.39 bits per heavy atom. The molecule has 0 spiro atoms. The summed E-state index contributed by atoms with van der Waals surface area (Å²) in [4.78, 5) is 11.5. The second kappa shape index (κ2) is 7.39. The average molecular weight is 245 g/mol. The highest BCUT2D eigenvalue weighted by atomic mass is 16.5. The van der Waals surface area contributed by atoms with Crippen molar-refractivity contribution in [1.29, 1.82) is 0 Å². The van der Waals surface area contributed by atoms with Crippen LogP contribution in [0.15, 0.2) is 30.3 Å². The SMILES string of the molecule is C#C[C@H](CC(C)C)NC(=O)OCc1ccccc1. The highest BCUT2D eigenvalue weighted by Crippen LogP contribution is 2.05. The van der Waals surface area contributed by atoms with Crippen LogP contribution in [0.4, 0.5) is 4.79 Å². The van der Waals surface area contributed by atoms with Crippen LogP contribution in [0.3, 0.4) is 0 Å². The zero-order valence-electron chi connectivity index (χ0n) is 10.8. The predicted molar refractivity (Wildman–Crippen MR) is 71.8 cm³/mol. The van der Waals surface area contributed by atoms with Gasteiger partial charge in [0.05, 0.1) is 6.04 Å². The molecule has 0 aliphatic carbocycles. The van der Waals surface area contributed by atoms with E-state index in [1.807, 2.05) is 30.3 Å². The Bertz CT molecular complexity index is 406. The Labute approximate surface area is 109 Å². The summed E-state index contributed by atoms with van der Waals surface area (Å²) in [5.74, 6) is 2.98. The average Bonchev–Trinajstić information content (AvgIpc) is 2.36. The van der Waals surface area contributed by atoms with Gasteiger partial charge in [-0.05, 0) is 17.9 Å². The molecule has 0 aliphatic rings. The van der Waals surface area contributed by atoms with Crippen molar-refractivity contribution < 1.29 is 9.53 Å². The number of carbonyl (C=O) groups excluding carboxylic acids is 1. The highest BCUT2D eigenvalue weighted by molar-refractivity contribution is 5.68. The first-order chi connectivity index (χ1) is 8.61. The molecule has 1 aromatic carbocycles. The summed E-state index contributed by atoms with van der Waals surface area (Å²) in [6, 6.07) is 9.26. The molecule has 1 amide bonds. The molecule has 3 heteroatoms. The number of amides is 1. The van der Waals surface area contributed by atoms with E-state index >= 15 is 0 Å². The van der Waals surface area contributed by atoms with Gasteiger partial charge in [0.15, 0.2) is 0 Å². The zero-order valence-corrected chi connectivity index (χ0v) is 10.8. The van der Waals surface area contributed by atoms with Crippen molar-refractivity contribution in [2.24, 2.45) is 5.92 Å². The van der Waals surface area contributed by atoms with Gasteiger partial charge in [-0.15, -0.1) is 6.42 Å². The van der Waals surface area contributed by atoms with E-state index in [2.05, 4.69) is 25.1 Å². The molecule has 0 saturated carbocycles. The number of carbonyl (C=O) groups is 1. The van der Waals surface area contributed by atoms with Crippen molar-refractivity contribution in [2.45, 2.75) is 32.9 Å². The van der Waals surface area contributed by atoms with Crippen molar-refractivity contribution in [3.63, 3.8) is 0 Å². The van der Waals surface area contributed by atoms with E-state index in [0.29, 0.717) is 5.92 Å². The lowest BCUT2D eigenvalue weighted by Crippen LogP contribution is -2.35. The van der Waals surface area contributed by atoms with Crippen molar-refractivity contribution in [3.8, 4) is 12.3 Å². The monoisotopic (exact) mass is 245 g/mol. The van der Waals surface area contributed by atoms with Gasteiger partial charge in [0.2, 0.25) is 0 Å². The van der Waals surface area contributed by atoms with Gasteiger partial charge >= 0.3 is 6.09 Å². The summed E-state index contributed by atoms with van der Waals surface area (Å²) >= 11 is 0. The predicted octanol–water partition coefficient (Wildman–Crippen LogP) is 2.96. The van der Waals surface area contributed by atoms with Crippen LogP contribution in [-0.2, 0) is 11.3 Å². The van der Waals surface area contributed by atoms with Gasteiger partial charge in [0.25, 0.3) is 0 Å². The van der Waals surface area contributed by atoms with Crippen molar-refractivity contribution >= 4 is 6.09 Å². The third-order valence-corrected chi connectivity index (χ3v) is 2.41. The summed E-state index contributed by atoms with van der Waals surface area (Å²) in [6.07, 6.45) is 5.63. The fraction of sp³-hybridized carbons (Fsp3) is 0.400. The van der Waals surface area contributed by atoms with Gasteiger partial charge in [-0.1, -0.05) is 50.1 Å². The number of benzene rings is 1. The minimum absolute atomic E-state index is 0.256. The van der Waals surface area contributed by atoms with Crippen LogP contribution in [0, 0.1) is 18.3 Å². The lowest BCUT2D eigenvalue weighted by atomic mass is 10.0. The van der Waals surface area contributed by atoms with E-state index in [4.69, 9.17) is 11.2 Å². The van der Waals surface area contributed by atoms with Gasteiger partial charge in [-0.3, -0.25) is 0 Å². The number of rotatable bonds is 5. The standard InChI is InChI=1S/C15H19NO2/c1-4-14(10-12(2)3)16-15(17)18-11-13-8-6-5-7-9-13/h1,5-9,12,14H,10-11H2,2-3H3,(H,16,17)/t14-/m1/s1. The molecule has 0 aliphatic heterocycles. The van der Waals surface area contributed by atoms with E-state index in [-0.39, 0.29) is 12.6 Å². The molecular weight excluding hydrogens is 226 g/mol. The minimum Gasteiger partial charge on any atom is -0.445 e. The molecule has 3 nitrogen and oxygen atoms in total. The van der Waals surface area contributed by atoms with Gasteiger partial charge in [0.1, 0.15) is 6.61 Å². The summed E-state index contributed by atoms with van der Waals surface area (Å²) in [5.41, 5.74) is 0.953. The van der Waals surface area contributed by atoms with Crippen molar-refractivity contribution in [3.05, 3.63) is 35.9 Å². The fourth-order valence-electron chi connectivity index (χ4n) is 1.55. The number of nitrogens with one attached hydrogen (secondary N) is 1. The third kappa shape index (κ3) is 5.40. The smallest absolute Gasteiger partial charge is 0.408 e. The molecule has 0 radical (unpaired) electrons. The first kappa shape index (κ1) is 14.1. The van der Waals surface area contributed by atoms with Crippen LogP contribution < -0.4 is 5.32 Å². The molecule has 18 heavy (non-hydrogen) atoms. The Hall–Kier alpha value is -1.95. The number of hydrogen-bond donors (Lipinski definition) is 1. The van der Waals surface area contributed by atoms with Gasteiger partial charge in [-0.2, -0.15) is 0 Å². The molecule has 0 fully saturated rings. The van der Waals surface area contributed by atoms with E-state index in [9.17, 15) is 4.79 Å². The van der Waals surface area contributed by atoms with Gasteiger partial charge in [-0.25, -0.2) is 4.79 Å². The quantitative estimate of drug-likeness (QED) is 0.810. The Morgan fingerprint density at radius 2 is 2.06 bits per heavy atom.